The van der Waals surface area contributed by atoms with Gasteiger partial charge >= 0.3 is 0 Å². The minimum absolute atomic E-state index is 0.0195. The lowest BCUT2D eigenvalue weighted by Gasteiger charge is -2.43. The number of aryl methyl sites for hydroxylation is 1. The number of hydrogen-bond acceptors (Lipinski definition) is 3. The Morgan fingerprint density at radius 2 is 2.08 bits per heavy atom. The van der Waals surface area contributed by atoms with Gasteiger partial charge in [-0.25, -0.2) is 0 Å². The van der Waals surface area contributed by atoms with E-state index < -0.39 is 6.04 Å². The van der Waals surface area contributed by atoms with Gasteiger partial charge in [0.1, 0.15) is 6.04 Å². The average molecular weight is 325 g/mol. The van der Waals surface area contributed by atoms with Crippen molar-refractivity contribution in [3.63, 3.8) is 0 Å². The van der Waals surface area contributed by atoms with Gasteiger partial charge in [0, 0.05) is 12.5 Å². The molecule has 1 aliphatic heterocycles. The van der Waals surface area contributed by atoms with Crippen LogP contribution in [0.2, 0.25) is 0 Å². The molecule has 1 heterocycles. The second-order valence-electron chi connectivity index (χ2n) is 7.30. The summed E-state index contributed by atoms with van der Waals surface area (Å²) < 4.78 is 0. The van der Waals surface area contributed by atoms with E-state index in [1.165, 1.54) is 18.4 Å². The molecule has 128 valence electrons. The van der Waals surface area contributed by atoms with Crippen molar-refractivity contribution in [2.75, 3.05) is 0 Å². The van der Waals surface area contributed by atoms with Crippen LogP contribution in [-0.2, 0) is 17.6 Å². The SMILES string of the molecule is CCc1ccc(C[C@@H](C#N)NC(=O)[C@@H]2CC3(CC)CC[C@H]3N2)cc1. The van der Waals surface area contributed by atoms with E-state index in [9.17, 15) is 10.1 Å². The minimum Gasteiger partial charge on any atom is -0.339 e. The van der Waals surface area contributed by atoms with E-state index >= 15 is 0 Å². The van der Waals surface area contributed by atoms with Gasteiger partial charge in [-0.15, -0.1) is 0 Å². The van der Waals surface area contributed by atoms with E-state index in [0.29, 0.717) is 17.9 Å². The summed E-state index contributed by atoms with van der Waals surface area (Å²) in [6, 6.07) is 10.4. The number of amides is 1. The van der Waals surface area contributed by atoms with Crippen LogP contribution in [0.5, 0.6) is 0 Å². The largest absolute Gasteiger partial charge is 0.339 e. The highest BCUT2D eigenvalue weighted by Gasteiger charge is 2.53. The van der Waals surface area contributed by atoms with Crippen molar-refractivity contribution in [1.29, 1.82) is 5.26 Å². The Morgan fingerprint density at radius 3 is 2.58 bits per heavy atom. The Labute approximate surface area is 144 Å². The molecule has 0 bridgehead atoms. The molecule has 4 atom stereocenters. The van der Waals surface area contributed by atoms with Gasteiger partial charge in [-0.2, -0.15) is 5.26 Å². The zero-order valence-electron chi connectivity index (χ0n) is 14.6. The number of nitrogens with one attached hydrogen (secondary N) is 2. The summed E-state index contributed by atoms with van der Waals surface area (Å²) in [7, 11) is 0. The molecule has 0 aromatic heterocycles. The lowest BCUT2D eigenvalue weighted by Crippen LogP contribution is -2.49. The normalized spacial score (nSPS) is 29.2. The standard InChI is InChI=1S/C20H27N3O/c1-3-14-5-7-15(8-6-14)11-16(13-21)22-19(24)17-12-20(4-2)10-9-18(20)23-17/h5-8,16-18,23H,3-4,9-12H2,1-2H3,(H,22,24)/t16-,17-,18+,20?/m0/s1. The van der Waals surface area contributed by atoms with Crippen LogP contribution in [0.1, 0.15) is 50.7 Å². The third kappa shape index (κ3) is 3.18. The number of hydrogen-bond donors (Lipinski definition) is 2. The molecule has 0 spiro atoms. The van der Waals surface area contributed by atoms with Crippen LogP contribution >= 0.6 is 0 Å². The maximum Gasteiger partial charge on any atom is 0.238 e. The van der Waals surface area contributed by atoms with Crippen LogP contribution in [0.15, 0.2) is 24.3 Å². The Balaban J connectivity index is 1.57. The highest BCUT2D eigenvalue weighted by molar-refractivity contribution is 5.83. The van der Waals surface area contributed by atoms with E-state index in [4.69, 9.17) is 0 Å². The molecule has 3 rings (SSSR count). The molecule has 2 aliphatic rings. The van der Waals surface area contributed by atoms with E-state index in [2.05, 4.69) is 54.8 Å². The topological polar surface area (TPSA) is 64.9 Å². The smallest absolute Gasteiger partial charge is 0.238 e. The molecule has 2 N–H and O–H groups in total. The van der Waals surface area contributed by atoms with Gasteiger partial charge in [0.2, 0.25) is 5.91 Å². The molecule has 1 saturated carbocycles. The van der Waals surface area contributed by atoms with Gasteiger partial charge in [0.15, 0.2) is 0 Å². The second kappa shape index (κ2) is 6.94. The molecule has 1 saturated heterocycles. The van der Waals surface area contributed by atoms with Gasteiger partial charge in [-0.3, -0.25) is 4.79 Å². The molecular weight excluding hydrogens is 298 g/mol. The number of carbonyl (C=O) groups excluding carboxylic acids is 1. The van der Waals surface area contributed by atoms with Gasteiger partial charge in [-0.1, -0.05) is 38.1 Å². The van der Waals surface area contributed by atoms with Crippen molar-refractivity contribution in [3.8, 4) is 6.07 Å². The second-order valence-corrected chi connectivity index (χ2v) is 7.30. The molecular formula is C20H27N3O. The summed E-state index contributed by atoms with van der Waals surface area (Å²) in [5.74, 6) is -0.0195. The maximum absolute atomic E-state index is 12.6. The number of nitrogens with zero attached hydrogens (tertiary/aromatic N) is 1. The monoisotopic (exact) mass is 325 g/mol. The lowest BCUT2D eigenvalue weighted by molar-refractivity contribution is -0.123. The van der Waals surface area contributed by atoms with Gasteiger partial charge < -0.3 is 10.6 Å². The minimum atomic E-state index is -0.470. The van der Waals surface area contributed by atoms with E-state index in [-0.39, 0.29) is 11.9 Å². The first kappa shape index (κ1) is 17.0. The van der Waals surface area contributed by atoms with E-state index in [1.807, 2.05) is 0 Å². The fourth-order valence-electron chi connectivity index (χ4n) is 4.19. The number of carbonyl (C=O) groups is 1. The van der Waals surface area contributed by atoms with Crippen molar-refractivity contribution in [3.05, 3.63) is 35.4 Å². The lowest BCUT2D eigenvalue weighted by atomic mass is 9.63. The van der Waals surface area contributed by atoms with Crippen molar-refractivity contribution in [2.45, 2.75) is 70.5 Å². The molecule has 1 aliphatic carbocycles. The van der Waals surface area contributed by atoms with Crippen molar-refractivity contribution < 1.29 is 4.79 Å². The summed E-state index contributed by atoms with van der Waals surface area (Å²) >= 11 is 0. The number of rotatable bonds is 6. The summed E-state index contributed by atoms with van der Waals surface area (Å²) in [5, 5.41) is 15.8. The summed E-state index contributed by atoms with van der Waals surface area (Å²) in [5.41, 5.74) is 2.69. The quantitative estimate of drug-likeness (QED) is 0.845. The fraction of sp³-hybridized carbons (Fsp3) is 0.600. The maximum atomic E-state index is 12.6. The third-order valence-corrected chi connectivity index (χ3v) is 6.05. The molecule has 4 nitrogen and oxygen atoms in total. The van der Waals surface area contributed by atoms with Crippen molar-refractivity contribution in [1.82, 2.24) is 10.6 Å². The molecule has 1 unspecified atom stereocenters. The third-order valence-electron chi connectivity index (χ3n) is 6.05. The van der Waals surface area contributed by atoms with Crippen molar-refractivity contribution in [2.24, 2.45) is 5.41 Å². The summed E-state index contributed by atoms with van der Waals surface area (Å²) in [6.45, 7) is 4.34. The zero-order chi connectivity index (χ0) is 17.2. The van der Waals surface area contributed by atoms with Crippen LogP contribution in [0.3, 0.4) is 0 Å². The Hall–Kier alpha value is -1.86. The number of benzene rings is 1. The van der Waals surface area contributed by atoms with Crippen LogP contribution in [-0.4, -0.2) is 24.0 Å². The van der Waals surface area contributed by atoms with Crippen molar-refractivity contribution >= 4 is 5.91 Å². The highest BCUT2D eigenvalue weighted by Crippen LogP contribution is 2.51. The Morgan fingerprint density at radius 1 is 1.38 bits per heavy atom. The van der Waals surface area contributed by atoms with E-state index in [1.54, 1.807) is 0 Å². The van der Waals surface area contributed by atoms with Gasteiger partial charge in [-0.05, 0) is 48.6 Å². The fourth-order valence-corrected chi connectivity index (χ4v) is 4.19. The average Bonchev–Trinajstić information content (AvgIpc) is 2.86. The first-order chi connectivity index (χ1) is 11.6. The van der Waals surface area contributed by atoms with Crippen LogP contribution in [0, 0.1) is 16.7 Å². The Bertz CT molecular complexity index is 629. The zero-order valence-corrected chi connectivity index (χ0v) is 14.6. The molecule has 24 heavy (non-hydrogen) atoms. The Kier molecular flexibility index (Phi) is 4.91. The predicted octanol–water partition coefficient (Wildman–Crippen LogP) is 2.72. The molecule has 4 heteroatoms. The molecule has 0 radical (unpaired) electrons. The summed E-state index contributed by atoms with van der Waals surface area (Å²) in [4.78, 5) is 12.6. The molecule has 2 fully saturated rings. The number of nitriles is 1. The number of fused-ring (bicyclic) bond motifs is 1. The van der Waals surface area contributed by atoms with Crippen LogP contribution in [0.25, 0.3) is 0 Å². The van der Waals surface area contributed by atoms with Crippen LogP contribution in [0.4, 0.5) is 0 Å². The predicted molar refractivity (Wildman–Crippen MR) is 94.4 cm³/mol. The molecule has 1 aromatic carbocycles. The molecule has 1 aromatic rings. The first-order valence-electron chi connectivity index (χ1n) is 9.14. The highest BCUT2D eigenvalue weighted by atomic mass is 16.2. The van der Waals surface area contributed by atoms with Gasteiger partial charge in [0.25, 0.3) is 0 Å². The van der Waals surface area contributed by atoms with E-state index in [0.717, 1.165) is 24.8 Å². The molecule has 1 amide bonds. The first-order valence-corrected chi connectivity index (χ1v) is 9.14. The summed E-state index contributed by atoms with van der Waals surface area (Å²) in [6.07, 6.45) is 5.98. The van der Waals surface area contributed by atoms with Gasteiger partial charge in [0.05, 0.1) is 12.1 Å². The van der Waals surface area contributed by atoms with Crippen LogP contribution < -0.4 is 10.6 Å².